The first-order valence-electron chi connectivity index (χ1n) is 5.22. The predicted molar refractivity (Wildman–Crippen MR) is 63.2 cm³/mol. The van der Waals surface area contributed by atoms with Crippen LogP contribution in [-0.4, -0.2) is 49.1 Å². The third-order valence-corrected chi connectivity index (χ3v) is 2.04. The van der Waals surface area contributed by atoms with Crippen molar-refractivity contribution in [3.63, 3.8) is 0 Å². The van der Waals surface area contributed by atoms with Gasteiger partial charge < -0.3 is 15.5 Å². The lowest BCUT2D eigenvalue weighted by atomic mass is 10.4. The number of aromatic nitrogens is 2. The maximum Gasteiger partial charge on any atom is 0.224 e. The molecule has 1 heterocycles. The van der Waals surface area contributed by atoms with E-state index in [0.717, 1.165) is 19.2 Å². The molecule has 16 heavy (non-hydrogen) atoms. The molecule has 0 bridgehead atoms. The Kier molecular flexibility index (Phi) is 4.91. The number of rotatable bonds is 6. The molecule has 1 aromatic rings. The fourth-order valence-electron chi connectivity index (χ4n) is 1.21. The number of hydrogen-bond donors (Lipinski definition) is 2. The van der Waals surface area contributed by atoms with E-state index in [-0.39, 0.29) is 5.82 Å². The normalized spacial score (nSPS) is 10.6. The molecular weight excluding hydrogens is 209 g/mol. The van der Waals surface area contributed by atoms with Crippen molar-refractivity contribution in [1.82, 2.24) is 14.9 Å². The summed E-state index contributed by atoms with van der Waals surface area (Å²) >= 11 is 0. The molecule has 0 saturated carbocycles. The fraction of sp³-hybridized carbons (Fsp3) is 0.600. The summed E-state index contributed by atoms with van der Waals surface area (Å²) in [5.74, 6) is 0.235. The van der Waals surface area contributed by atoms with Gasteiger partial charge >= 0.3 is 0 Å². The molecule has 0 aliphatic carbocycles. The van der Waals surface area contributed by atoms with Crippen molar-refractivity contribution in [3.05, 3.63) is 12.0 Å². The van der Waals surface area contributed by atoms with Gasteiger partial charge in [0.15, 0.2) is 11.6 Å². The molecule has 2 N–H and O–H groups in total. The van der Waals surface area contributed by atoms with Crippen LogP contribution in [0.5, 0.6) is 0 Å². The molecule has 0 amide bonds. The van der Waals surface area contributed by atoms with Gasteiger partial charge in [-0.15, -0.1) is 0 Å². The molecule has 0 aliphatic heterocycles. The SMILES string of the molecule is CNc1ncc(F)c(NCCCN(C)C)n1. The van der Waals surface area contributed by atoms with Crippen LogP contribution in [0.2, 0.25) is 0 Å². The molecule has 90 valence electrons. The van der Waals surface area contributed by atoms with E-state index in [0.29, 0.717) is 12.5 Å². The van der Waals surface area contributed by atoms with Gasteiger partial charge in [0, 0.05) is 13.6 Å². The van der Waals surface area contributed by atoms with Crippen molar-refractivity contribution >= 4 is 11.8 Å². The lowest BCUT2D eigenvalue weighted by Gasteiger charge is -2.10. The van der Waals surface area contributed by atoms with Crippen molar-refractivity contribution < 1.29 is 4.39 Å². The summed E-state index contributed by atoms with van der Waals surface area (Å²) in [6.45, 7) is 1.65. The Balaban J connectivity index is 2.46. The minimum atomic E-state index is -0.427. The molecule has 0 saturated heterocycles. The average Bonchev–Trinajstić information content (AvgIpc) is 2.26. The quantitative estimate of drug-likeness (QED) is 0.711. The Morgan fingerprint density at radius 2 is 2.19 bits per heavy atom. The van der Waals surface area contributed by atoms with Gasteiger partial charge in [-0.1, -0.05) is 0 Å². The Bertz CT molecular complexity index is 329. The summed E-state index contributed by atoms with van der Waals surface area (Å²) in [6.07, 6.45) is 2.10. The third kappa shape index (κ3) is 3.98. The van der Waals surface area contributed by atoms with Crippen LogP contribution < -0.4 is 10.6 Å². The number of halogens is 1. The lowest BCUT2D eigenvalue weighted by Crippen LogP contribution is -2.17. The monoisotopic (exact) mass is 227 g/mol. The minimum Gasteiger partial charge on any atom is -0.367 e. The minimum absolute atomic E-state index is 0.248. The summed E-state index contributed by atoms with van der Waals surface area (Å²) in [5.41, 5.74) is 0. The van der Waals surface area contributed by atoms with E-state index in [9.17, 15) is 4.39 Å². The number of anilines is 2. The summed E-state index contributed by atoms with van der Waals surface area (Å²) < 4.78 is 13.3. The van der Waals surface area contributed by atoms with Gasteiger partial charge in [-0.2, -0.15) is 4.98 Å². The second kappa shape index (κ2) is 6.22. The second-order valence-electron chi connectivity index (χ2n) is 3.72. The van der Waals surface area contributed by atoms with Crippen LogP contribution in [0.15, 0.2) is 6.20 Å². The van der Waals surface area contributed by atoms with Gasteiger partial charge in [-0.25, -0.2) is 9.37 Å². The Morgan fingerprint density at radius 3 is 2.81 bits per heavy atom. The summed E-state index contributed by atoms with van der Waals surface area (Å²) in [6, 6.07) is 0. The molecule has 0 atom stereocenters. The molecule has 0 spiro atoms. The standard InChI is InChI=1S/C10H18FN5/c1-12-10-14-7-8(11)9(15-10)13-5-4-6-16(2)3/h7H,4-6H2,1-3H3,(H2,12,13,14,15). The molecular formula is C10H18FN5. The average molecular weight is 227 g/mol. The molecule has 0 unspecified atom stereocenters. The van der Waals surface area contributed by atoms with Crippen LogP contribution >= 0.6 is 0 Å². The van der Waals surface area contributed by atoms with E-state index in [2.05, 4.69) is 25.5 Å². The van der Waals surface area contributed by atoms with E-state index in [4.69, 9.17) is 0 Å². The molecule has 0 radical (unpaired) electrons. The van der Waals surface area contributed by atoms with Crippen molar-refractivity contribution in [3.8, 4) is 0 Å². The van der Waals surface area contributed by atoms with E-state index < -0.39 is 5.82 Å². The highest BCUT2D eigenvalue weighted by Crippen LogP contribution is 2.11. The van der Waals surface area contributed by atoms with Gasteiger partial charge in [0.1, 0.15) is 0 Å². The van der Waals surface area contributed by atoms with Crippen molar-refractivity contribution in [2.75, 3.05) is 44.9 Å². The van der Waals surface area contributed by atoms with E-state index in [1.807, 2.05) is 14.1 Å². The number of nitrogens with zero attached hydrogens (tertiary/aromatic N) is 3. The maximum absolute atomic E-state index is 13.3. The third-order valence-electron chi connectivity index (χ3n) is 2.04. The largest absolute Gasteiger partial charge is 0.367 e. The smallest absolute Gasteiger partial charge is 0.224 e. The first-order chi connectivity index (χ1) is 7.63. The van der Waals surface area contributed by atoms with E-state index >= 15 is 0 Å². The van der Waals surface area contributed by atoms with Crippen molar-refractivity contribution in [2.45, 2.75) is 6.42 Å². The Morgan fingerprint density at radius 1 is 1.44 bits per heavy atom. The van der Waals surface area contributed by atoms with Crippen LogP contribution in [0.4, 0.5) is 16.2 Å². The highest BCUT2D eigenvalue weighted by atomic mass is 19.1. The highest BCUT2D eigenvalue weighted by molar-refractivity contribution is 5.40. The van der Waals surface area contributed by atoms with Gasteiger partial charge in [0.05, 0.1) is 6.20 Å². The molecule has 6 heteroatoms. The second-order valence-corrected chi connectivity index (χ2v) is 3.72. The number of hydrogen-bond acceptors (Lipinski definition) is 5. The van der Waals surface area contributed by atoms with Crippen molar-refractivity contribution in [2.24, 2.45) is 0 Å². The molecule has 0 aromatic carbocycles. The van der Waals surface area contributed by atoms with Crippen LogP contribution in [0.25, 0.3) is 0 Å². The molecule has 0 aliphatic rings. The van der Waals surface area contributed by atoms with Gasteiger partial charge in [0.2, 0.25) is 5.95 Å². The van der Waals surface area contributed by atoms with Crippen molar-refractivity contribution in [1.29, 1.82) is 0 Å². The summed E-state index contributed by atoms with van der Waals surface area (Å²) in [5, 5.41) is 5.72. The topological polar surface area (TPSA) is 53.1 Å². The van der Waals surface area contributed by atoms with Gasteiger partial charge in [-0.05, 0) is 27.1 Å². The van der Waals surface area contributed by atoms with Gasteiger partial charge in [-0.3, -0.25) is 0 Å². The van der Waals surface area contributed by atoms with E-state index in [1.165, 1.54) is 0 Å². The fourth-order valence-corrected chi connectivity index (χ4v) is 1.21. The number of nitrogens with one attached hydrogen (secondary N) is 2. The van der Waals surface area contributed by atoms with Crippen LogP contribution in [-0.2, 0) is 0 Å². The zero-order chi connectivity index (χ0) is 12.0. The Labute approximate surface area is 95.1 Å². The zero-order valence-corrected chi connectivity index (χ0v) is 9.92. The summed E-state index contributed by atoms with van der Waals surface area (Å²) in [7, 11) is 5.71. The lowest BCUT2D eigenvalue weighted by molar-refractivity contribution is 0.405. The Hall–Kier alpha value is -1.43. The molecule has 1 rings (SSSR count). The predicted octanol–water partition coefficient (Wildman–Crippen LogP) is 1.02. The first kappa shape index (κ1) is 12.6. The highest BCUT2D eigenvalue weighted by Gasteiger charge is 2.04. The first-order valence-corrected chi connectivity index (χ1v) is 5.22. The summed E-state index contributed by atoms with van der Waals surface area (Å²) in [4.78, 5) is 9.83. The molecule has 5 nitrogen and oxygen atoms in total. The van der Waals surface area contributed by atoms with E-state index in [1.54, 1.807) is 7.05 Å². The van der Waals surface area contributed by atoms with Crippen LogP contribution in [0.1, 0.15) is 6.42 Å². The maximum atomic E-state index is 13.3. The van der Waals surface area contributed by atoms with Gasteiger partial charge in [0.25, 0.3) is 0 Å². The molecule has 0 fully saturated rings. The van der Waals surface area contributed by atoms with Crippen LogP contribution in [0.3, 0.4) is 0 Å². The molecule has 1 aromatic heterocycles. The van der Waals surface area contributed by atoms with Crippen LogP contribution in [0, 0.1) is 5.82 Å². The zero-order valence-electron chi connectivity index (χ0n) is 9.92.